The zero-order valence-corrected chi connectivity index (χ0v) is 6.09. The summed E-state index contributed by atoms with van der Waals surface area (Å²) in [5.41, 5.74) is 7.35. The highest BCUT2D eigenvalue weighted by molar-refractivity contribution is 5.76. The molecule has 58 valence electrons. The van der Waals surface area contributed by atoms with Gasteiger partial charge in [0.1, 0.15) is 0 Å². The van der Waals surface area contributed by atoms with E-state index in [1.165, 1.54) is 12.8 Å². The maximum atomic E-state index is 8.25. The smallest absolute Gasteiger partial charge is 0.212 e. The van der Waals surface area contributed by atoms with Crippen LogP contribution in [0.25, 0.3) is 0 Å². The van der Waals surface area contributed by atoms with E-state index >= 15 is 0 Å². The Morgan fingerprint density at radius 2 is 2.40 bits per heavy atom. The van der Waals surface area contributed by atoms with Crippen molar-refractivity contribution in [3.05, 3.63) is 0 Å². The zero-order valence-electron chi connectivity index (χ0n) is 6.09. The molecule has 1 aliphatic carbocycles. The van der Waals surface area contributed by atoms with Crippen LogP contribution >= 0.6 is 0 Å². The first-order valence-corrected chi connectivity index (χ1v) is 3.36. The van der Waals surface area contributed by atoms with Crippen molar-refractivity contribution in [2.45, 2.75) is 19.8 Å². The third-order valence-corrected chi connectivity index (χ3v) is 1.85. The van der Waals surface area contributed by atoms with Gasteiger partial charge in [0.15, 0.2) is 0 Å². The van der Waals surface area contributed by atoms with Crippen molar-refractivity contribution in [1.29, 1.82) is 0 Å². The van der Waals surface area contributed by atoms with Crippen molar-refractivity contribution in [1.82, 2.24) is 5.48 Å². The number of hydrogen-bond acceptors (Lipinski definition) is 2. The zero-order chi connectivity index (χ0) is 7.61. The highest BCUT2D eigenvalue weighted by Gasteiger charge is 2.36. The topological polar surface area (TPSA) is 70.6 Å². The molecular weight excluding hydrogens is 130 g/mol. The SMILES string of the molecule is CC1(CN=C(N)NO)CC1. The van der Waals surface area contributed by atoms with Gasteiger partial charge >= 0.3 is 0 Å². The quantitative estimate of drug-likeness (QED) is 0.291. The van der Waals surface area contributed by atoms with Crippen LogP contribution in [-0.2, 0) is 0 Å². The molecule has 10 heavy (non-hydrogen) atoms. The van der Waals surface area contributed by atoms with E-state index in [4.69, 9.17) is 10.9 Å². The van der Waals surface area contributed by atoms with Gasteiger partial charge in [0.25, 0.3) is 0 Å². The van der Waals surface area contributed by atoms with E-state index in [9.17, 15) is 0 Å². The second-order valence-corrected chi connectivity index (χ2v) is 3.12. The molecule has 0 amide bonds. The lowest BCUT2D eigenvalue weighted by Gasteiger charge is -2.02. The lowest BCUT2D eigenvalue weighted by atomic mass is 10.1. The second-order valence-electron chi connectivity index (χ2n) is 3.12. The van der Waals surface area contributed by atoms with E-state index in [1.807, 2.05) is 0 Å². The largest absolute Gasteiger partial charge is 0.368 e. The van der Waals surface area contributed by atoms with Crippen molar-refractivity contribution in [3.63, 3.8) is 0 Å². The molecule has 1 fully saturated rings. The normalized spacial score (nSPS) is 22.4. The molecule has 0 unspecified atom stereocenters. The van der Waals surface area contributed by atoms with Gasteiger partial charge in [-0.1, -0.05) is 6.92 Å². The summed E-state index contributed by atoms with van der Waals surface area (Å²) in [5, 5.41) is 8.25. The lowest BCUT2D eigenvalue weighted by molar-refractivity contribution is 0.232. The maximum Gasteiger partial charge on any atom is 0.212 e. The van der Waals surface area contributed by atoms with E-state index < -0.39 is 0 Å². The first-order valence-electron chi connectivity index (χ1n) is 3.36. The minimum Gasteiger partial charge on any atom is -0.368 e. The summed E-state index contributed by atoms with van der Waals surface area (Å²) in [6.07, 6.45) is 2.43. The van der Waals surface area contributed by atoms with Gasteiger partial charge in [-0.25, -0.2) is 5.48 Å². The molecule has 1 aliphatic rings. The first-order chi connectivity index (χ1) is 4.66. The monoisotopic (exact) mass is 143 g/mol. The predicted molar refractivity (Wildman–Crippen MR) is 38.8 cm³/mol. The number of aliphatic imine (C=N–C) groups is 1. The number of rotatable bonds is 2. The number of nitrogens with two attached hydrogens (primary N) is 1. The molecule has 1 saturated carbocycles. The van der Waals surface area contributed by atoms with Gasteiger partial charge in [-0.05, 0) is 18.3 Å². The summed E-state index contributed by atoms with van der Waals surface area (Å²) >= 11 is 0. The number of nitrogens with zero attached hydrogens (tertiary/aromatic N) is 1. The molecule has 0 radical (unpaired) electrons. The molecule has 4 N–H and O–H groups in total. The van der Waals surface area contributed by atoms with Crippen LogP contribution in [-0.4, -0.2) is 17.7 Å². The summed E-state index contributed by atoms with van der Waals surface area (Å²) in [4.78, 5) is 3.91. The van der Waals surface area contributed by atoms with Crippen LogP contribution in [0.15, 0.2) is 4.99 Å². The van der Waals surface area contributed by atoms with Gasteiger partial charge in [-0.15, -0.1) is 0 Å². The minimum absolute atomic E-state index is 0.105. The summed E-state index contributed by atoms with van der Waals surface area (Å²) in [6, 6.07) is 0. The second kappa shape index (κ2) is 2.46. The van der Waals surface area contributed by atoms with E-state index in [-0.39, 0.29) is 5.96 Å². The Labute approximate surface area is 60.1 Å². The molecule has 0 atom stereocenters. The van der Waals surface area contributed by atoms with Crippen molar-refractivity contribution >= 4 is 5.96 Å². The Hall–Kier alpha value is -0.770. The van der Waals surface area contributed by atoms with Crippen molar-refractivity contribution in [2.75, 3.05) is 6.54 Å². The standard InChI is InChI=1S/C6H13N3O/c1-6(2-3-6)4-8-5(7)9-10/h10H,2-4H2,1H3,(H3,7,8,9). The van der Waals surface area contributed by atoms with Crippen LogP contribution in [0.2, 0.25) is 0 Å². The van der Waals surface area contributed by atoms with Gasteiger partial charge in [-0.3, -0.25) is 10.2 Å². The fraction of sp³-hybridized carbons (Fsp3) is 0.833. The van der Waals surface area contributed by atoms with Gasteiger partial charge in [0, 0.05) is 6.54 Å². The van der Waals surface area contributed by atoms with Crippen molar-refractivity contribution < 1.29 is 5.21 Å². The molecule has 0 heterocycles. The first kappa shape index (κ1) is 7.34. The van der Waals surface area contributed by atoms with Crippen LogP contribution < -0.4 is 11.2 Å². The number of hydrogen-bond donors (Lipinski definition) is 3. The number of guanidine groups is 1. The van der Waals surface area contributed by atoms with Gasteiger partial charge in [0.05, 0.1) is 0 Å². The maximum absolute atomic E-state index is 8.25. The molecule has 0 aromatic carbocycles. The molecule has 4 heteroatoms. The molecular formula is C6H13N3O. The van der Waals surface area contributed by atoms with E-state index in [0.717, 1.165) is 0 Å². The van der Waals surface area contributed by atoms with E-state index in [0.29, 0.717) is 12.0 Å². The third-order valence-electron chi connectivity index (χ3n) is 1.85. The van der Waals surface area contributed by atoms with E-state index in [1.54, 1.807) is 5.48 Å². The number of hydroxylamine groups is 1. The van der Waals surface area contributed by atoms with E-state index in [2.05, 4.69) is 11.9 Å². The van der Waals surface area contributed by atoms with Gasteiger partial charge in [-0.2, -0.15) is 0 Å². The van der Waals surface area contributed by atoms with Crippen LogP contribution in [0.4, 0.5) is 0 Å². The molecule has 1 rings (SSSR count). The average Bonchev–Trinajstić information content (AvgIpc) is 2.64. The molecule has 0 bridgehead atoms. The molecule has 0 spiro atoms. The molecule has 0 aliphatic heterocycles. The van der Waals surface area contributed by atoms with Crippen molar-refractivity contribution in [3.8, 4) is 0 Å². The highest BCUT2D eigenvalue weighted by atomic mass is 16.5. The Bertz CT molecular complexity index is 151. The summed E-state index contributed by atoms with van der Waals surface area (Å²) in [6.45, 7) is 2.87. The van der Waals surface area contributed by atoms with Gasteiger partial charge in [0.2, 0.25) is 5.96 Å². The van der Waals surface area contributed by atoms with Crippen LogP contribution in [0.1, 0.15) is 19.8 Å². The van der Waals surface area contributed by atoms with Crippen LogP contribution in [0.3, 0.4) is 0 Å². The fourth-order valence-electron chi connectivity index (χ4n) is 0.683. The summed E-state index contributed by atoms with van der Waals surface area (Å²) in [7, 11) is 0. The Balaban J connectivity index is 2.26. The van der Waals surface area contributed by atoms with Crippen molar-refractivity contribution in [2.24, 2.45) is 16.1 Å². The Morgan fingerprint density at radius 3 is 2.80 bits per heavy atom. The molecule has 4 nitrogen and oxygen atoms in total. The minimum atomic E-state index is 0.105. The Morgan fingerprint density at radius 1 is 1.80 bits per heavy atom. The fourth-order valence-corrected chi connectivity index (χ4v) is 0.683. The summed E-state index contributed by atoms with van der Waals surface area (Å²) in [5.74, 6) is 0.105. The number of nitrogens with one attached hydrogen (secondary N) is 1. The highest BCUT2D eigenvalue weighted by Crippen LogP contribution is 2.44. The molecule has 0 aromatic heterocycles. The lowest BCUT2D eigenvalue weighted by Crippen LogP contribution is -2.29. The third kappa shape index (κ3) is 1.88. The van der Waals surface area contributed by atoms with Gasteiger partial charge < -0.3 is 5.73 Å². The van der Waals surface area contributed by atoms with Crippen LogP contribution in [0.5, 0.6) is 0 Å². The summed E-state index contributed by atoms with van der Waals surface area (Å²) < 4.78 is 0. The Kier molecular flexibility index (Phi) is 1.80. The molecule has 0 saturated heterocycles. The predicted octanol–water partition coefficient (Wildman–Crippen LogP) is 0.0800. The average molecular weight is 143 g/mol. The molecule has 0 aromatic rings. The van der Waals surface area contributed by atoms with Crippen LogP contribution in [0, 0.1) is 5.41 Å².